The van der Waals surface area contributed by atoms with Gasteiger partial charge in [-0.25, -0.2) is 9.59 Å². The van der Waals surface area contributed by atoms with Crippen LogP contribution in [-0.2, 0) is 19.1 Å². The Hall–Kier alpha value is -1.89. The number of carbonyl (C=O) groups is 3. The van der Waals surface area contributed by atoms with E-state index in [0.717, 1.165) is 24.8 Å². The first-order valence-corrected chi connectivity index (χ1v) is 10.5. The summed E-state index contributed by atoms with van der Waals surface area (Å²) in [6, 6.07) is 0. The monoisotopic (exact) mass is 406 g/mol. The number of fused-ring (bicyclic) bond motifs is 5. The van der Waals surface area contributed by atoms with E-state index in [-0.39, 0.29) is 41.8 Å². The Labute approximate surface area is 170 Å². The first-order chi connectivity index (χ1) is 13.6. The van der Waals surface area contributed by atoms with Gasteiger partial charge in [0.05, 0.1) is 13.2 Å². The minimum Gasteiger partial charge on any atom is -0.478 e. The number of hydrogen-bond acceptors (Lipinski definition) is 6. The molecule has 4 aliphatic rings. The molecule has 4 rings (SSSR count). The van der Waals surface area contributed by atoms with Gasteiger partial charge in [-0.1, -0.05) is 19.4 Å². The maximum atomic E-state index is 12.4. The van der Waals surface area contributed by atoms with Crippen molar-refractivity contribution in [1.29, 1.82) is 0 Å². The van der Waals surface area contributed by atoms with Crippen molar-refractivity contribution in [2.24, 2.45) is 28.6 Å². The van der Waals surface area contributed by atoms with Crippen LogP contribution in [0, 0.1) is 28.6 Å². The van der Waals surface area contributed by atoms with Crippen LogP contribution in [-0.4, -0.2) is 46.9 Å². The van der Waals surface area contributed by atoms with E-state index in [0.29, 0.717) is 12.8 Å². The lowest BCUT2D eigenvalue weighted by Crippen LogP contribution is -2.62. The molecule has 0 spiro atoms. The molecule has 0 aromatic rings. The topological polar surface area (TPSA) is 110 Å². The second-order valence-electron chi connectivity index (χ2n) is 9.80. The largest absolute Gasteiger partial charge is 0.509 e. The molecule has 0 heterocycles. The summed E-state index contributed by atoms with van der Waals surface area (Å²) >= 11 is 0. The van der Waals surface area contributed by atoms with Gasteiger partial charge in [-0.2, -0.15) is 0 Å². The number of aliphatic hydroxyl groups is 1. The summed E-state index contributed by atoms with van der Waals surface area (Å²) in [7, 11) is 1.17. The van der Waals surface area contributed by atoms with Crippen LogP contribution >= 0.6 is 0 Å². The smallest absolute Gasteiger partial charge is 0.478 e. The lowest BCUT2D eigenvalue weighted by atomic mass is 9.45. The van der Waals surface area contributed by atoms with Gasteiger partial charge in [-0.3, -0.25) is 4.79 Å². The van der Waals surface area contributed by atoms with Gasteiger partial charge >= 0.3 is 12.1 Å². The molecule has 0 aromatic heterocycles. The summed E-state index contributed by atoms with van der Waals surface area (Å²) in [6.07, 6.45) is 3.96. The highest BCUT2D eigenvalue weighted by atomic mass is 16.7. The van der Waals surface area contributed by atoms with E-state index < -0.39 is 29.2 Å². The molecule has 0 radical (unpaired) electrons. The number of ketones is 1. The average Bonchev–Trinajstić information content (AvgIpc) is 2.94. The fourth-order valence-corrected chi connectivity index (χ4v) is 7.42. The number of aliphatic carboxylic acids is 1. The summed E-state index contributed by atoms with van der Waals surface area (Å²) in [5.74, 6) is -0.890. The molecular formula is C22H30O7. The highest BCUT2D eigenvalue weighted by molar-refractivity contribution is 5.91. The summed E-state index contributed by atoms with van der Waals surface area (Å²) in [5, 5.41) is 21.4. The van der Waals surface area contributed by atoms with Crippen LogP contribution in [0.2, 0.25) is 0 Å². The predicted octanol–water partition coefficient (Wildman–Crippen LogP) is 3.10. The predicted molar refractivity (Wildman–Crippen MR) is 102 cm³/mol. The summed E-state index contributed by atoms with van der Waals surface area (Å²) < 4.78 is 10.0. The van der Waals surface area contributed by atoms with Gasteiger partial charge in [0, 0.05) is 11.8 Å². The summed E-state index contributed by atoms with van der Waals surface area (Å²) in [6.45, 7) is 4.00. The molecular weight excluding hydrogens is 376 g/mol. The molecule has 0 amide bonds. The van der Waals surface area contributed by atoms with E-state index in [2.05, 4.69) is 11.7 Å². The number of carbonyl (C=O) groups excluding carboxylic acids is 2. The molecule has 4 aliphatic carbocycles. The quantitative estimate of drug-likeness (QED) is 0.678. The van der Waals surface area contributed by atoms with Crippen LogP contribution in [0.5, 0.6) is 0 Å². The molecule has 7 nitrogen and oxygen atoms in total. The number of carboxylic acids is 1. The van der Waals surface area contributed by atoms with Gasteiger partial charge in [-0.05, 0) is 67.8 Å². The van der Waals surface area contributed by atoms with Crippen molar-refractivity contribution >= 4 is 17.9 Å². The van der Waals surface area contributed by atoms with Crippen LogP contribution in [0.4, 0.5) is 4.79 Å². The third-order valence-corrected chi connectivity index (χ3v) is 8.79. The van der Waals surface area contributed by atoms with E-state index in [1.165, 1.54) is 7.11 Å². The summed E-state index contributed by atoms with van der Waals surface area (Å²) in [5.41, 5.74) is -1.69. The Kier molecular flexibility index (Phi) is 4.61. The lowest BCUT2D eigenvalue weighted by molar-refractivity contribution is -0.198. The molecule has 7 atom stereocenters. The Morgan fingerprint density at radius 2 is 1.90 bits per heavy atom. The lowest BCUT2D eigenvalue weighted by Gasteiger charge is -2.60. The van der Waals surface area contributed by atoms with Gasteiger partial charge in [0.1, 0.15) is 0 Å². The molecule has 0 unspecified atom stereocenters. The highest BCUT2D eigenvalue weighted by Crippen LogP contribution is 2.68. The van der Waals surface area contributed by atoms with Crippen molar-refractivity contribution in [3.05, 3.63) is 11.6 Å². The standard InChI is InChI=1S/C22H30O7/c1-20-8-6-13(23)10-12(20)4-5-14-15-7-9-22(18(25)26,29-19(27)28-3)21(15,2)11-16(24)17(14)20/h10,14-17,24H,4-9,11H2,1-3H3,(H,25,26)/t14-,15-,16-,17+,20-,21-,22-/m0/s1. The normalized spacial score (nSPS) is 46.1. The molecule has 0 bridgehead atoms. The van der Waals surface area contributed by atoms with Crippen LogP contribution in [0.1, 0.15) is 58.8 Å². The van der Waals surface area contributed by atoms with E-state index in [9.17, 15) is 24.6 Å². The third-order valence-electron chi connectivity index (χ3n) is 8.79. The van der Waals surface area contributed by atoms with Gasteiger partial charge < -0.3 is 19.7 Å². The maximum absolute atomic E-state index is 12.4. The van der Waals surface area contributed by atoms with Gasteiger partial charge in [-0.15, -0.1) is 0 Å². The van der Waals surface area contributed by atoms with E-state index in [4.69, 9.17) is 4.74 Å². The van der Waals surface area contributed by atoms with Crippen molar-refractivity contribution in [2.75, 3.05) is 7.11 Å². The number of ether oxygens (including phenoxy) is 2. The average molecular weight is 406 g/mol. The number of allylic oxidation sites excluding steroid dienone is 1. The minimum absolute atomic E-state index is 0.0172. The van der Waals surface area contributed by atoms with Gasteiger partial charge in [0.15, 0.2) is 5.78 Å². The van der Waals surface area contributed by atoms with Crippen LogP contribution in [0.15, 0.2) is 11.6 Å². The minimum atomic E-state index is -1.70. The van der Waals surface area contributed by atoms with Crippen LogP contribution in [0.3, 0.4) is 0 Å². The zero-order chi connectivity index (χ0) is 21.2. The van der Waals surface area contributed by atoms with Crippen molar-refractivity contribution in [2.45, 2.75) is 70.5 Å². The number of methoxy groups -OCH3 is 1. The molecule has 0 saturated heterocycles. The van der Waals surface area contributed by atoms with Crippen molar-refractivity contribution < 1.29 is 34.1 Å². The molecule has 29 heavy (non-hydrogen) atoms. The SMILES string of the molecule is COC(=O)O[C@]1(C(=O)O)CC[C@H]2[C@@H]3CCC4=CC(=O)CC[C@]4(C)[C@H]3[C@@H](O)C[C@@]21C. The number of rotatable bonds is 2. The maximum Gasteiger partial charge on any atom is 0.509 e. The van der Waals surface area contributed by atoms with Crippen molar-refractivity contribution in [3.63, 3.8) is 0 Å². The highest BCUT2D eigenvalue weighted by Gasteiger charge is 2.71. The zero-order valence-corrected chi connectivity index (χ0v) is 17.3. The fourth-order valence-electron chi connectivity index (χ4n) is 7.42. The van der Waals surface area contributed by atoms with Gasteiger partial charge in [0.25, 0.3) is 0 Å². The van der Waals surface area contributed by atoms with E-state index >= 15 is 0 Å². The molecule has 7 heteroatoms. The Balaban J connectivity index is 1.74. The number of hydrogen-bond donors (Lipinski definition) is 2. The molecule has 160 valence electrons. The van der Waals surface area contributed by atoms with E-state index in [1.54, 1.807) is 6.08 Å². The zero-order valence-electron chi connectivity index (χ0n) is 17.3. The second kappa shape index (κ2) is 6.56. The first kappa shape index (κ1) is 20.4. The Bertz CT molecular complexity index is 788. The third kappa shape index (κ3) is 2.62. The van der Waals surface area contributed by atoms with Crippen molar-refractivity contribution in [1.82, 2.24) is 0 Å². The Morgan fingerprint density at radius 1 is 1.17 bits per heavy atom. The molecule has 3 fully saturated rings. The van der Waals surface area contributed by atoms with Crippen molar-refractivity contribution in [3.8, 4) is 0 Å². The Morgan fingerprint density at radius 3 is 2.55 bits per heavy atom. The molecule has 2 N–H and O–H groups in total. The van der Waals surface area contributed by atoms with Gasteiger partial charge in [0.2, 0.25) is 5.60 Å². The summed E-state index contributed by atoms with van der Waals surface area (Å²) in [4.78, 5) is 36.2. The number of aliphatic hydroxyl groups excluding tert-OH is 1. The first-order valence-electron chi connectivity index (χ1n) is 10.5. The molecule has 0 aliphatic heterocycles. The fraction of sp³-hybridized carbons (Fsp3) is 0.773. The number of carboxylic acid groups (broad SMARTS) is 1. The molecule has 3 saturated carbocycles. The molecule has 0 aromatic carbocycles. The van der Waals surface area contributed by atoms with Crippen LogP contribution < -0.4 is 0 Å². The van der Waals surface area contributed by atoms with E-state index in [1.807, 2.05) is 6.92 Å². The van der Waals surface area contributed by atoms with Crippen LogP contribution in [0.25, 0.3) is 0 Å². The second-order valence-corrected chi connectivity index (χ2v) is 9.80.